The van der Waals surface area contributed by atoms with Gasteiger partial charge in [0.05, 0.1) is 22.3 Å². The number of aryl methyl sites for hydroxylation is 1. The number of nitrogens with one attached hydrogen (secondary N) is 3. The molecule has 0 fully saturated rings. The molecular formula is C23H18N4O2S. The van der Waals surface area contributed by atoms with Gasteiger partial charge in [0.15, 0.2) is 0 Å². The Hall–Kier alpha value is -3.84. The first-order valence-electron chi connectivity index (χ1n) is 9.28. The van der Waals surface area contributed by atoms with Crippen molar-refractivity contribution in [2.24, 2.45) is 0 Å². The Morgan fingerprint density at radius 3 is 2.33 bits per heavy atom. The number of aromatic nitrogens is 2. The predicted octanol–water partition coefficient (Wildman–Crippen LogP) is 4.34. The third kappa shape index (κ3) is 3.97. The summed E-state index contributed by atoms with van der Waals surface area (Å²) in [5.74, 6) is -0.941. The monoisotopic (exact) mass is 414 g/mol. The number of nitrogens with zero attached hydrogens (tertiary/aromatic N) is 1. The Bertz CT molecular complexity index is 1310. The largest absolute Gasteiger partial charge is 0.352 e. The molecule has 0 atom stereocenters. The van der Waals surface area contributed by atoms with E-state index in [9.17, 15) is 9.59 Å². The highest BCUT2D eigenvalue weighted by atomic mass is 32.1. The highest BCUT2D eigenvalue weighted by Gasteiger charge is 2.15. The van der Waals surface area contributed by atoms with E-state index in [1.165, 1.54) is 0 Å². The number of hydrogen-bond acceptors (Lipinski definition) is 4. The summed E-state index contributed by atoms with van der Waals surface area (Å²) in [4.78, 5) is 32.8. The zero-order valence-electron chi connectivity index (χ0n) is 16.1. The zero-order valence-corrected chi connectivity index (χ0v) is 16.9. The van der Waals surface area contributed by atoms with Gasteiger partial charge in [0.1, 0.15) is 4.64 Å². The van der Waals surface area contributed by atoms with E-state index in [0.717, 1.165) is 11.1 Å². The summed E-state index contributed by atoms with van der Waals surface area (Å²) < 4.78 is 0.292. The molecule has 7 heteroatoms. The maximum atomic E-state index is 12.9. The number of rotatable bonds is 3. The van der Waals surface area contributed by atoms with Crippen LogP contribution in [0.4, 0.5) is 0 Å². The summed E-state index contributed by atoms with van der Waals surface area (Å²) in [6.07, 6.45) is 1.63. The van der Waals surface area contributed by atoms with Crippen LogP contribution in [-0.4, -0.2) is 21.8 Å². The molecule has 2 aromatic heterocycles. The lowest BCUT2D eigenvalue weighted by atomic mass is 10.0. The molecule has 0 spiro atoms. The van der Waals surface area contributed by atoms with E-state index in [-0.39, 0.29) is 5.56 Å². The lowest BCUT2D eigenvalue weighted by Crippen LogP contribution is -2.41. The summed E-state index contributed by atoms with van der Waals surface area (Å²) in [5, 5.41) is 0.692. The van der Waals surface area contributed by atoms with Crippen molar-refractivity contribution >= 4 is 34.9 Å². The van der Waals surface area contributed by atoms with Gasteiger partial charge in [-0.05, 0) is 31.2 Å². The summed E-state index contributed by atoms with van der Waals surface area (Å²) in [6.45, 7) is 2.01. The fourth-order valence-electron chi connectivity index (χ4n) is 3.08. The minimum Gasteiger partial charge on any atom is -0.352 e. The lowest BCUT2D eigenvalue weighted by Gasteiger charge is -2.11. The molecule has 4 aromatic rings. The topological polar surface area (TPSA) is 86.9 Å². The number of benzene rings is 2. The van der Waals surface area contributed by atoms with Crippen molar-refractivity contribution in [2.45, 2.75) is 6.92 Å². The Labute approximate surface area is 178 Å². The Balaban J connectivity index is 1.66. The maximum Gasteiger partial charge on any atom is 0.272 e. The molecule has 2 amide bonds. The van der Waals surface area contributed by atoms with Crippen LogP contribution in [-0.2, 0) is 0 Å². The fourth-order valence-corrected chi connectivity index (χ4v) is 3.31. The van der Waals surface area contributed by atoms with Gasteiger partial charge >= 0.3 is 0 Å². The number of carbonyl (C=O) groups is 2. The normalized spacial score (nSPS) is 10.6. The predicted molar refractivity (Wildman–Crippen MR) is 118 cm³/mol. The van der Waals surface area contributed by atoms with Crippen molar-refractivity contribution in [3.05, 3.63) is 94.3 Å². The second kappa shape index (κ2) is 8.26. The van der Waals surface area contributed by atoms with E-state index in [1.54, 1.807) is 24.4 Å². The molecule has 4 rings (SSSR count). The molecule has 0 radical (unpaired) electrons. The first-order chi connectivity index (χ1) is 14.5. The third-order valence-electron chi connectivity index (χ3n) is 4.66. The van der Waals surface area contributed by atoms with Crippen molar-refractivity contribution in [2.75, 3.05) is 0 Å². The van der Waals surface area contributed by atoms with Crippen LogP contribution in [0.1, 0.15) is 26.3 Å². The molecule has 0 saturated heterocycles. The van der Waals surface area contributed by atoms with Crippen LogP contribution in [0.3, 0.4) is 0 Å². The molecule has 6 nitrogen and oxygen atoms in total. The van der Waals surface area contributed by atoms with Crippen molar-refractivity contribution < 1.29 is 9.59 Å². The quantitative estimate of drug-likeness (QED) is 0.344. The lowest BCUT2D eigenvalue weighted by molar-refractivity contribution is 0.0847. The summed E-state index contributed by atoms with van der Waals surface area (Å²) in [5.41, 5.74) is 8.99. The number of pyridine rings is 2. The molecule has 0 saturated carbocycles. The molecule has 0 aliphatic heterocycles. The fraction of sp³-hybridized carbons (Fsp3) is 0.0435. The van der Waals surface area contributed by atoms with Gasteiger partial charge in [-0.25, -0.2) is 4.98 Å². The van der Waals surface area contributed by atoms with Crippen LogP contribution >= 0.6 is 12.2 Å². The van der Waals surface area contributed by atoms with E-state index in [1.807, 2.05) is 55.5 Å². The molecule has 0 aliphatic rings. The number of hydrogen-bond donors (Lipinski definition) is 3. The van der Waals surface area contributed by atoms with E-state index in [4.69, 9.17) is 12.2 Å². The molecule has 0 unspecified atom stereocenters. The van der Waals surface area contributed by atoms with Crippen LogP contribution in [0.5, 0.6) is 0 Å². The molecule has 3 N–H and O–H groups in total. The molecular weight excluding hydrogens is 396 g/mol. The molecule has 2 aromatic carbocycles. The average molecular weight is 414 g/mol. The van der Waals surface area contributed by atoms with Crippen LogP contribution in [0.15, 0.2) is 72.9 Å². The van der Waals surface area contributed by atoms with E-state index < -0.39 is 11.8 Å². The van der Waals surface area contributed by atoms with Crippen LogP contribution in [0, 0.1) is 11.6 Å². The van der Waals surface area contributed by atoms with E-state index >= 15 is 0 Å². The Morgan fingerprint density at radius 2 is 1.60 bits per heavy atom. The van der Waals surface area contributed by atoms with Gasteiger partial charge in [-0.15, -0.1) is 0 Å². The molecule has 148 valence electrons. The number of hydrazine groups is 1. The Kier molecular flexibility index (Phi) is 5.36. The number of amides is 2. The number of fused-ring (bicyclic) bond motifs is 1. The van der Waals surface area contributed by atoms with Crippen molar-refractivity contribution in [1.82, 2.24) is 20.8 Å². The molecule has 0 bridgehead atoms. The van der Waals surface area contributed by atoms with Crippen molar-refractivity contribution in [3.8, 4) is 11.3 Å². The summed E-state index contributed by atoms with van der Waals surface area (Å²) >= 11 is 5.11. The first kappa shape index (κ1) is 19.5. The number of para-hydroxylation sites is 1. The number of carbonyl (C=O) groups excluding carboxylic acids is 2. The minimum atomic E-state index is -0.498. The number of H-pyrrole nitrogens is 1. The zero-order chi connectivity index (χ0) is 21.1. The first-order valence-corrected chi connectivity index (χ1v) is 9.69. The summed E-state index contributed by atoms with van der Waals surface area (Å²) in [6, 6.07) is 20.3. The van der Waals surface area contributed by atoms with Gasteiger partial charge in [-0.1, -0.05) is 60.2 Å². The van der Waals surface area contributed by atoms with Gasteiger partial charge in [0.25, 0.3) is 11.8 Å². The average Bonchev–Trinajstić information content (AvgIpc) is 2.77. The molecule has 0 aliphatic carbocycles. The highest BCUT2D eigenvalue weighted by Crippen LogP contribution is 2.25. The van der Waals surface area contributed by atoms with Crippen molar-refractivity contribution in [3.63, 3.8) is 0 Å². The second-order valence-corrected chi connectivity index (χ2v) is 7.17. The summed E-state index contributed by atoms with van der Waals surface area (Å²) in [7, 11) is 0. The molecule has 30 heavy (non-hydrogen) atoms. The van der Waals surface area contributed by atoms with Gasteiger partial charge in [0.2, 0.25) is 0 Å². The van der Waals surface area contributed by atoms with E-state index in [0.29, 0.717) is 26.8 Å². The van der Waals surface area contributed by atoms with Crippen molar-refractivity contribution in [1.29, 1.82) is 0 Å². The van der Waals surface area contributed by atoms with Gasteiger partial charge in [0, 0.05) is 17.1 Å². The van der Waals surface area contributed by atoms with Gasteiger partial charge in [-0.3, -0.25) is 20.4 Å². The minimum absolute atomic E-state index is 0.271. The Morgan fingerprint density at radius 1 is 0.900 bits per heavy atom. The smallest absolute Gasteiger partial charge is 0.272 e. The second-order valence-electron chi connectivity index (χ2n) is 6.76. The third-order valence-corrected chi connectivity index (χ3v) is 5.00. The highest BCUT2D eigenvalue weighted by molar-refractivity contribution is 7.71. The number of aromatic amines is 1. The van der Waals surface area contributed by atoms with Crippen LogP contribution in [0.25, 0.3) is 22.2 Å². The van der Waals surface area contributed by atoms with Crippen LogP contribution in [0.2, 0.25) is 0 Å². The van der Waals surface area contributed by atoms with Gasteiger partial charge < -0.3 is 4.98 Å². The standard InChI is InChI=1S/C23H18N4O2S/c1-14-8-10-15(11-9-14)20-13-18(16-5-2-3-7-19(16)25-20)22(29)27-26-21(28)17-6-4-12-24-23(17)30/h2-13H,1H3,(H,24,30)(H,26,28)(H,27,29). The SMILES string of the molecule is Cc1ccc(-c2cc(C(=O)NNC(=O)c3ccc[nH]c3=S)c3ccccc3n2)cc1. The van der Waals surface area contributed by atoms with Gasteiger partial charge in [-0.2, -0.15) is 0 Å². The van der Waals surface area contributed by atoms with Crippen LogP contribution < -0.4 is 10.9 Å². The molecule has 2 heterocycles. The van der Waals surface area contributed by atoms with E-state index in [2.05, 4.69) is 20.8 Å². The maximum absolute atomic E-state index is 12.9.